The summed E-state index contributed by atoms with van der Waals surface area (Å²) in [6.07, 6.45) is 1.48. The molecule has 1 amide bonds. The van der Waals surface area contributed by atoms with Crippen LogP contribution in [0.1, 0.15) is 23.1 Å². The van der Waals surface area contributed by atoms with Crippen LogP contribution in [0.4, 0.5) is 11.4 Å². The Morgan fingerprint density at radius 3 is 2.89 bits per heavy atom. The maximum Gasteiger partial charge on any atom is 0.276 e. The Kier molecular flexibility index (Phi) is 3.84. The van der Waals surface area contributed by atoms with Crippen molar-refractivity contribution >= 4 is 33.2 Å². The SMILES string of the molecule is CCn1ncc(N)c1C(=O)Nc1ccc(Br)nc1C. The number of hydrogen-bond donors (Lipinski definition) is 2. The second-order valence-electron chi connectivity index (χ2n) is 3.99. The summed E-state index contributed by atoms with van der Waals surface area (Å²) < 4.78 is 2.29. The van der Waals surface area contributed by atoms with Crippen LogP contribution in [0.25, 0.3) is 0 Å². The molecule has 0 bridgehead atoms. The zero-order chi connectivity index (χ0) is 14.0. The minimum Gasteiger partial charge on any atom is -0.396 e. The van der Waals surface area contributed by atoms with Crippen molar-refractivity contribution < 1.29 is 4.79 Å². The molecule has 0 aliphatic heterocycles. The number of carbonyl (C=O) groups excluding carboxylic acids is 1. The molecule has 0 aliphatic rings. The first-order valence-corrected chi connectivity index (χ1v) is 6.58. The first-order valence-electron chi connectivity index (χ1n) is 5.78. The molecule has 2 aromatic heterocycles. The number of carbonyl (C=O) groups is 1. The van der Waals surface area contributed by atoms with Crippen molar-refractivity contribution in [3.63, 3.8) is 0 Å². The average Bonchev–Trinajstić information content (AvgIpc) is 2.74. The van der Waals surface area contributed by atoms with Gasteiger partial charge in [0.2, 0.25) is 0 Å². The van der Waals surface area contributed by atoms with Crippen LogP contribution in [-0.2, 0) is 6.54 Å². The van der Waals surface area contributed by atoms with E-state index in [1.807, 2.05) is 13.8 Å². The first kappa shape index (κ1) is 13.5. The molecular formula is C12H14BrN5O. The molecule has 0 atom stereocenters. The number of nitrogens with zero attached hydrogens (tertiary/aromatic N) is 3. The molecule has 2 heterocycles. The minimum atomic E-state index is -0.288. The van der Waals surface area contributed by atoms with Crippen molar-refractivity contribution in [2.45, 2.75) is 20.4 Å². The number of rotatable bonds is 3. The molecule has 0 spiro atoms. The van der Waals surface area contributed by atoms with Gasteiger partial charge in [0.25, 0.3) is 5.91 Å². The first-order chi connectivity index (χ1) is 9.02. The molecule has 2 aromatic rings. The van der Waals surface area contributed by atoms with Gasteiger partial charge in [-0.15, -0.1) is 0 Å². The lowest BCUT2D eigenvalue weighted by Gasteiger charge is -2.09. The van der Waals surface area contributed by atoms with Crippen LogP contribution in [0.3, 0.4) is 0 Å². The molecule has 19 heavy (non-hydrogen) atoms. The number of amides is 1. The van der Waals surface area contributed by atoms with Crippen molar-refractivity contribution in [2.75, 3.05) is 11.1 Å². The van der Waals surface area contributed by atoms with Crippen LogP contribution in [0.5, 0.6) is 0 Å². The average molecular weight is 324 g/mol. The van der Waals surface area contributed by atoms with Crippen molar-refractivity contribution in [2.24, 2.45) is 0 Å². The predicted molar refractivity (Wildman–Crippen MR) is 76.9 cm³/mol. The third kappa shape index (κ3) is 2.76. The number of halogens is 1. The zero-order valence-electron chi connectivity index (χ0n) is 10.6. The Morgan fingerprint density at radius 2 is 2.26 bits per heavy atom. The molecule has 0 aromatic carbocycles. The Balaban J connectivity index is 2.28. The van der Waals surface area contributed by atoms with E-state index in [1.54, 1.807) is 16.8 Å². The third-order valence-corrected chi connectivity index (χ3v) is 3.12. The number of nitrogens with one attached hydrogen (secondary N) is 1. The molecule has 0 saturated heterocycles. The summed E-state index contributed by atoms with van der Waals surface area (Å²) in [6.45, 7) is 4.30. The molecule has 100 valence electrons. The lowest BCUT2D eigenvalue weighted by molar-refractivity contribution is 0.101. The molecule has 0 fully saturated rings. The van der Waals surface area contributed by atoms with E-state index >= 15 is 0 Å². The maximum atomic E-state index is 12.2. The van der Waals surface area contributed by atoms with E-state index in [0.29, 0.717) is 23.6 Å². The number of nitrogens with two attached hydrogens (primary N) is 1. The van der Waals surface area contributed by atoms with E-state index in [-0.39, 0.29) is 5.91 Å². The van der Waals surface area contributed by atoms with Gasteiger partial charge in [0.15, 0.2) is 0 Å². The lowest BCUT2D eigenvalue weighted by atomic mass is 10.3. The van der Waals surface area contributed by atoms with E-state index in [9.17, 15) is 4.79 Å². The van der Waals surface area contributed by atoms with Crippen LogP contribution < -0.4 is 11.1 Å². The highest BCUT2D eigenvalue weighted by molar-refractivity contribution is 9.10. The lowest BCUT2D eigenvalue weighted by Crippen LogP contribution is -2.19. The minimum absolute atomic E-state index is 0.288. The van der Waals surface area contributed by atoms with Crippen LogP contribution in [-0.4, -0.2) is 20.7 Å². The molecule has 2 rings (SSSR count). The van der Waals surface area contributed by atoms with E-state index in [4.69, 9.17) is 5.73 Å². The summed E-state index contributed by atoms with van der Waals surface area (Å²) in [4.78, 5) is 16.4. The van der Waals surface area contributed by atoms with Crippen LogP contribution in [0.15, 0.2) is 22.9 Å². The number of anilines is 2. The van der Waals surface area contributed by atoms with Gasteiger partial charge in [-0.2, -0.15) is 5.10 Å². The molecule has 3 N–H and O–H groups in total. The summed E-state index contributed by atoms with van der Waals surface area (Å²) >= 11 is 3.28. The topological polar surface area (TPSA) is 85.8 Å². The predicted octanol–water partition coefficient (Wildman–Crippen LogP) is 2.20. The normalized spacial score (nSPS) is 10.5. The van der Waals surface area contributed by atoms with Crippen LogP contribution in [0.2, 0.25) is 0 Å². The van der Waals surface area contributed by atoms with E-state index < -0.39 is 0 Å². The molecular weight excluding hydrogens is 310 g/mol. The van der Waals surface area contributed by atoms with Gasteiger partial charge in [0, 0.05) is 6.54 Å². The molecule has 0 aliphatic carbocycles. The summed E-state index contributed by atoms with van der Waals surface area (Å²) in [5.74, 6) is -0.288. The van der Waals surface area contributed by atoms with Gasteiger partial charge in [-0.05, 0) is 41.9 Å². The second-order valence-corrected chi connectivity index (χ2v) is 4.80. The number of pyridine rings is 1. The van der Waals surface area contributed by atoms with Gasteiger partial charge < -0.3 is 11.1 Å². The third-order valence-electron chi connectivity index (χ3n) is 2.68. The van der Waals surface area contributed by atoms with Gasteiger partial charge in [-0.3, -0.25) is 9.48 Å². The van der Waals surface area contributed by atoms with Gasteiger partial charge in [-0.25, -0.2) is 4.98 Å². The number of hydrogen-bond acceptors (Lipinski definition) is 4. The van der Waals surface area contributed by atoms with E-state index in [0.717, 1.165) is 10.3 Å². The van der Waals surface area contributed by atoms with Crippen LogP contribution >= 0.6 is 15.9 Å². The van der Waals surface area contributed by atoms with Crippen LogP contribution in [0, 0.1) is 6.92 Å². The van der Waals surface area contributed by atoms with Crippen molar-refractivity contribution in [3.05, 3.63) is 34.3 Å². The highest BCUT2D eigenvalue weighted by Gasteiger charge is 2.17. The molecule has 0 unspecified atom stereocenters. The van der Waals surface area contributed by atoms with E-state index in [1.165, 1.54) is 6.20 Å². The van der Waals surface area contributed by atoms with Crippen molar-refractivity contribution in [1.82, 2.24) is 14.8 Å². The standard InChI is InChI=1S/C12H14BrN5O/c1-3-18-11(8(14)6-15-18)12(19)17-9-4-5-10(13)16-7(9)2/h4-6H,3,14H2,1-2H3,(H,17,19). The monoisotopic (exact) mass is 323 g/mol. The maximum absolute atomic E-state index is 12.2. The van der Waals surface area contributed by atoms with Gasteiger partial charge in [0.1, 0.15) is 10.3 Å². The quantitative estimate of drug-likeness (QED) is 0.848. The summed E-state index contributed by atoms with van der Waals surface area (Å²) in [6, 6.07) is 3.55. The molecule has 6 nitrogen and oxygen atoms in total. The highest BCUT2D eigenvalue weighted by Crippen LogP contribution is 2.18. The zero-order valence-corrected chi connectivity index (χ0v) is 12.2. The summed E-state index contributed by atoms with van der Waals surface area (Å²) in [5, 5.41) is 6.83. The number of aryl methyl sites for hydroxylation is 2. The van der Waals surface area contributed by atoms with Gasteiger partial charge in [-0.1, -0.05) is 0 Å². The van der Waals surface area contributed by atoms with Crippen molar-refractivity contribution in [3.8, 4) is 0 Å². The summed E-state index contributed by atoms with van der Waals surface area (Å²) in [7, 11) is 0. The molecule has 0 saturated carbocycles. The highest BCUT2D eigenvalue weighted by atomic mass is 79.9. The summed E-state index contributed by atoms with van der Waals surface area (Å²) in [5.41, 5.74) is 7.87. The Bertz CT molecular complexity index is 623. The fourth-order valence-electron chi connectivity index (χ4n) is 1.73. The fourth-order valence-corrected chi connectivity index (χ4v) is 2.13. The van der Waals surface area contributed by atoms with Gasteiger partial charge in [0.05, 0.1) is 23.3 Å². The van der Waals surface area contributed by atoms with Crippen molar-refractivity contribution in [1.29, 1.82) is 0 Å². The molecule has 0 radical (unpaired) electrons. The fraction of sp³-hybridized carbons (Fsp3) is 0.250. The Morgan fingerprint density at radius 1 is 1.53 bits per heavy atom. The van der Waals surface area contributed by atoms with Gasteiger partial charge >= 0.3 is 0 Å². The second kappa shape index (κ2) is 5.40. The Hall–Kier alpha value is -1.89. The Labute approximate surface area is 119 Å². The number of nitrogen functional groups attached to an aromatic ring is 1. The molecule has 7 heteroatoms. The number of aromatic nitrogens is 3. The van der Waals surface area contributed by atoms with E-state index in [2.05, 4.69) is 31.3 Å². The smallest absolute Gasteiger partial charge is 0.276 e. The largest absolute Gasteiger partial charge is 0.396 e.